The van der Waals surface area contributed by atoms with E-state index >= 15 is 0 Å². The molecule has 0 spiro atoms. The molecule has 0 aromatic heterocycles. The first-order chi connectivity index (χ1) is 23.4. The molecule has 0 heterocycles. The van der Waals surface area contributed by atoms with Crippen LogP contribution in [0.15, 0.2) is 24.3 Å². The number of carbonyl (C=O) groups excluding carboxylic acids is 3. The zero-order valence-corrected chi connectivity index (χ0v) is 32.5. The highest BCUT2D eigenvalue weighted by Gasteiger charge is 2.14. The van der Waals surface area contributed by atoms with Crippen molar-refractivity contribution in [2.45, 2.75) is 155 Å². The standard InChI is InChI=1S/C40H74N2O5S/c1-5-7-9-11-13-15-17-19-27-34-46-39(44)29-23-21-25-31-42(38(43)37-48-36-33-41(3)4)32-26-22-24-30-40(45)47-35-28-20-18-16-14-12-10-8-6-2/h19-20,27-28H,5-18,21-26,29-37H2,1-4H3/b27-19-,28-20+. The maximum atomic E-state index is 13.0. The molecule has 8 heteroatoms. The van der Waals surface area contributed by atoms with Crippen LogP contribution in [0.3, 0.4) is 0 Å². The average Bonchev–Trinajstić information content (AvgIpc) is 3.06. The second kappa shape index (κ2) is 36.5. The van der Waals surface area contributed by atoms with Gasteiger partial charge in [0.05, 0.1) is 5.75 Å². The first-order valence-electron chi connectivity index (χ1n) is 19.5. The first kappa shape index (κ1) is 46.2. The monoisotopic (exact) mass is 695 g/mol. The minimum atomic E-state index is -0.146. The lowest BCUT2D eigenvalue weighted by atomic mass is 10.1. The molecule has 0 unspecified atom stereocenters. The van der Waals surface area contributed by atoms with Gasteiger partial charge in [0, 0.05) is 38.2 Å². The number of rotatable bonds is 35. The summed E-state index contributed by atoms with van der Waals surface area (Å²) in [5.74, 6) is 1.31. The molecule has 0 radical (unpaired) electrons. The van der Waals surface area contributed by atoms with Gasteiger partial charge in [-0.05, 0) is 65.5 Å². The van der Waals surface area contributed by atoms with Crippen molar-refractivity contribution in [1.29, 1.82) is 0 Å². The highest BCUT2D eigenvalue weighted by molar-refractivity contribution is 7.99. The number of amides is 1. The molecule has 0 fully saturated rings. The Morgan fingerprint density at radius 3 is 1.44 bits per heavy atom. The summed E-state index contributed by atoms with van der Waals surface area (Å²) in [6.07, 6.45) is 31.7. The predicted octanol–water partition coefficient (Wildman–Crippen LogP) is 9.93. The van der Waals surface area contributed by atoms with Gasteiger partial charge >= 0.3 is 11.9 Å². The van der Waals surface area contributed by atoms with Crippen LogP contribution in [-0.2, 0) is 23.9 Å². The van der Waals surface area contributed by atoms with Crippen LogP contribution >= 0.6 is 11.8 Å². The minimum absolute atomic E-state index is 0.146. The Morgan fingerprint density at radius 1 is 0.542 bits per heavy atom. The third kappa shape index (κ3) is 34.1. The van der Waals surface area contributed by atoms with Gasteiger partial charge in [0.25, 0.3) is 0 Å². The molecule has 0 aromatic carbocycles. The van der Waals surface area contributed by atoms with Crippen molar-refractivity contribution in [2.24, 2.45) is 0 Å². The summed E-state index contributed by atoms with van der Waals surface area (Å²) in [4.78, 5) is 41.3. The van der Waals surface area contributed by atoms with E-state index in [0.717, 1.165) is 63.7 Å². The molecule has 0 saturated heterocycles. The second-order valence-electron chi connectivity index (χ2n) is 13.3. The average molecular weight is 695 g/mol. The van der Waals surface area contributed by atoms with Gasteiger partial charge in [-0.3, -0.25) is 14.4 Å². The van der Waals surface area contributed by atoms with Crippen molar-refractivity contribution >= 4 is 29.6 Å². The zero-order valence-electron chi connectivity index (χ0n) is 31.7. The van der Waals surface area contributed by atoms with Crippen molar-refractivity contribution < 1.29 is 23.9 Å². The molecule has 0 saturated carbocycles. The first-order valence-corrected chi connectivity index (χ1v) is 20.7. The van der Waals surface area contributed by atoms with E-state index in [-0.39, 0.29) is 17.8 Å². The van der Waals surface area contributed by atoms with Gasteiger partial charge in [-0.1, -0.05) is 115 Å². The number of unbranched alkanes of at least 4 members (excludes halogenated alkanes) is 16. The van der Waals surface area contributed by atoms with Crippen LogP contribution in [0.5, 0.6) is 0 Å². The number of carbonyl (C=O) groups is 3. The van der Waals surface area contributed by atoms with E-state index < -0.39 is 0 Å². The number of thioether (sulfide) groups is 1. The third-order valence-electron chi connectivity index (χ3n) is 8.34. The number of esters is 2. The molecule has 0 rings (SSSR count). The minimum Gasteiger partial charge on any atom is -0.461 e. The van der Waals surface area contributed by atoms with E-state index in [1.807, 2.05) is 31.1 Å². The van der Waals surface area contributed by atoms with Crippen molar-refractivity contribution in [3.05, 3.63) is 24.3 Å². The van der Waals surface area contributed by atoms with Crippen molar-refractivity contribution in [3.63, 3.8) is 0 Å². The summed E-state index contributed by atoms with van der Waals surface area (Å²) in [5.41, 5.74) is 0. The topological polar surface area (TPSA) is 76.1 Å². The molecule has 0 aliphatic rings. The predicted molar refractivity (Wildman–Crippen MR) is 206 cm³/mol. The molecule has 0 aromatic rings. The Hall–Kier alpha value is -1.80. The smallest absolute Gasteiger partial charge is 0.306 e. The molecular formula is C40H74N2O5S. The summed E-state index contributed by atoms with van der Waals surface area (Å²) in [7, 11) is 4.09. The summed E-state index contributed by atoms with van der Waals surface area (Å²) < 4.78 is 10.7. The Labute approximate surface area is 300 Å². The molecule has 48 heavy (non-hydrogen) atoms. The van der Waals surface area contributed by atoms with Crippen molar-refractivity contribution in [3.8, 4) is 0 Å². The molecule has 0 aliphatic carbocycles. The maximum Gasteiger partial charge on any atom is 0.306 e. The summed E-state index contributed by atoms with van der Waals surface area (Å²) in [5, 5.41) is 0. The fourth-order valence-corrected chi connectivity index (χ4v) is 6.24. The fourth-order valence-electron chi connectivity index (χ4n) is 5.24. The third-order valence-corrected chi connectivity index (χ3v) is 9.26. The molecule has 0 N–H and O–H groups in total. The highest BCUT2D eigenvalue weighted by Crippen LogP contribution is 2.11. The van der Waals surface area contributed by atoms with Gasteiger partial charge in [0.2, 0.25) is 5.91 Å². The zero-order chi connectivity index (χ0) is 35.3. The molecular weight excluding hydrogens is 621 g/mol. The number of hydrogen-bond donors (Lipinski definition) is 0. The Bertz CT molecular complexity index is 765. The number of ether oxygens (including phenoxy) is 2. The van der Waals surface area contributed by atoms with Crippen LogP contribution in [0.4, 0.5) is 0 Å². The lowest BCUT2D eigenvalue weighted by Crippen LogP contribution is -2.34. The molecule has 7 nitrogen and oxygen atoms in total. The summed E-state index contributed by atoms with van der Waals surface area (Å²) in [6.45, 7) is 7.55. The van der Waals surface area contributed by atoms with E-state index in [4.69, 9.17) is 9.47 Å². The molecule has 0 atom stereocenters. The normalized spacial score (nSPS) is 11.6. The lowest BCUT2D eigenvalue weighted by molar-refractivity contribution is -0.143. The van der Waals surface area contributed by atoms with E-state index in [9.17, 15) is 14.4 Å². The van der Waals surface area contributed by atoms with Crippen molar-refractivity contribution in [2.75, 3.05) is 58.4 Å². The fraction of sp³-hybridized carbons (Fsp3) is 0.825. The van der Waals surface area contributed by atoms with Crippen molar-refractivity contribution in [1.82, 2.24) is 9.80 Å². The van der Waals surface area contributed by atoms with E-state index in [0.29, 0.717) is 44.9 Å². The Morgan fingerprint density at radius 2 is 0.979 bits per heavy atom. The molecule has 280 valence electrons. The Kier molecular flexibility index (Phi) is 35.1. The van der Waals surface area contributed by atoms with Gasteiger partial charge in [0.15, 0.2) is 0 Å². The van der Waals surface area contributed by atoms with Gasteiger partial charge in [-0.2, -0.15) is 11.8 Å². The Balaban J connectivity index is 4.19. The van der Waals surface area contributed by atoms with Crippen LogP contribution in [0.1, 0.15) is 155 Å². The van der Waals surface area contributed by atoms with Crippen LogP contribution in [0.2, 0.25) is 0 Å². The largest absolute Gasteiger partial charge is 0.461 e. The molecule has 1 amide bonds. The molecule has 0 aliphatic heterocycles. The quantitative estimate of drug-likeness (QED) is 0.0371. The number of allylic oxidation sites excluding steroid dienone is 2. The van der Waals surface area contributed by atoms with Crippen LogP contribution in [-0.4, -0.2) is 86.1 Å². The molecule has 0 bridgehead atoms. The number of hydrogen-bond acceptors (Lipinski definition) is 7. The summed E-state index contributed by atoms with van der Waals surface area (Å²) >= 11 is 1.68. The van der Waals surface area contributed by atoms with E-state index in [1.165, 1.54) is 77.0 Å². The van der Waals surface area contributed by atoms with Gasteiger partial charge in [-0.15, -0.1) is 0 Å². The van der Waals surface area contributed by atoms with E-state index in [1.54, 1.807) is 11.8 Å². The lowest BCUT2D eigenvalue weighted by Gasteiger charge is -2.23. The number of nitrogens with zero attached hydrogens (tertiary/aromatic N) is 2. The van der Waals surface area contributed by atoms with Gasteiger partial charge < -0.3 is 19.3 Å². The van der Waals surface area contributed by atoms with Gasteiger partial charge in [-0.25, -0.2) is 0 Å². The van der Waals surface area contributed by atoms with E-state index in [2.05, 4.69) is 30.9 Å². The van der Waals surface area contributed by atoms with Crippen LogP contribution in [0.25, 0.3) is 0 Å². The second-order valence-corrected chi connectivity index (χ2v) is 14.4. The highest BCUT2D eigenvalue weighted by atomic mass is 32.2. The van der Waals surface area contributed by atoms with Gasteiger partial charge in [0.1, 0.15) is 13.2 Å². The SMILES string of the molecule is CCCCCCCC/C=C\COC(=O)CCCCCN(CCCCCC(=O)OC/C=C/CCCCCCCC)C(=O)CSCCN(C)C. The van der Waals surface area contributed by atoms with Crippen LogP contribution < -0.4 is 0 Å². The maximum absolute atomic E-state index is 13.0. The summed E-state index contributed by atoms with van der Waals surface area (Å²) in [6, 6.07) is 0. The van der Waals surface area contributed by atoms with Crippen LogP contribution in [0, 0.1) is 0 Å².